The normalized spacial score (nSPS) is 20.3. The van der Waals surface area contributed by atoms with E-state index in [1.54, 1.807) is 4.90 Å². The summed E-state index contributed by atoms with van der Waals surface area (Å²) in [7, 11) is -1.38. The van der Waals surface area contributed by atoms with Crippen LogP contribution in [-0.2, 0) is 21.2 Å². The second-order valence-corrected chi connectivity index (χ2v) is 8.38. The van der Waals surface area contributed by atoms with E-state index in [0.717, 1.165) is 23.9 Å². The Morgan fingerprint density at radius 2 is 2.00 bits per heavy atom. The highest BCUT2D eigenvalue weighted by molar-refractivity contribution is 7.92. The number of hydrogen-bond donors (Lipinski definition) is 0. The number of fused-ring (bicyclic) bond motifs is 1. The molecule has 5 nitrogen and oxygen atoms in total. The molecule has 6 heteroatoms. The van der Waals surface area contributed by atoms with E-state index in [1.807, 2.05) is 38.2 Å². The van der Waals surface area contributed by atoms with E-state index in [0.29, 0.717) is 13.1 Å². The van der Waals surface area contributed by atoms with Crippen molar-refractivity contribution in [3.63, 3.8) is 0 Å². The SMILES string of the molecule is CC[C@@H]1CN(C)c2ccccc2CN1C(=O)[C@@H](C)S(C)(=O)=O. The highest BCUT2D eigenvalue weighted by Gasteiger charge is 2.34. The molecule has 0 spiro atoms. The number of nitrogens with zero attached hydrogens (tertiary/aromatic N) is 2. The standard InChI is InChI=1S/C16H24N2O3S/c1-5-14-11-17(3)15-9-7-6-8-13(15)10-18(14)16(19)12(2)22(4,20)21/h6-9,12,14H,5,10-11H2,1-4H3/t12-,14-/m1/s1. The molecule has 0 radical (unpaired) electrons. The van der Waals surface area contributed by atoms with Crippen LogP contribution < -0.4 is 4.90 Å². The van der Waals surface area contributed by atoms with Crippen LogP contribution in [0.25, 0.3) is 0 Å². The number of rotatable bonds is 3. The van der Waals surface area contributed by atoms with E-state index in [2.05, 4.69) is 4.90 Å². The largest absolute Gasteiger partial charge is 0.372 e. The van der Waals surface area contributed by atoms with Gasteiger partial charge in [-0.3, -0.25) is 4.79 Å². The molecule has 122 valence electrons. The summed E-state index contributed by atoms with van der Waals surface area (Å²) in [6, 6.07) is 7.97. The number of anilines is 1. The molecule has 0 aromatic heterocycles. The summed E-state index contributed by atoms with van der Waals surface area (Å²) in [6.07, 6.45) is 1.91. The van der Waals surface area contributed by atoms with Gasteiger partial charge in [-0.25, -0.2) is 8.42 Å². The number of likely N-dealkylation sites (N-methyl/N-ethyl adjacent to an activating group) is 1. The molecule has 0 bridgehead atoms. The summed E-state index contributed by atoms with van der Waals surface area (Å²) in [5.74, 6) is -0.306. The maximum atomic E-state index is 12.7. The summed E-state index contributed by atoms with van der Waals surface area (Å²) in [4.78, 5) is 16.6. The van der Waals surface area contributed by atoms with Gasteiger partial charge in [0, 0.05) is 38.1 Å². The predicted octanol–water partition coefficient (Wildman–Crippen LogP) is 1.68. The van der Waals surface area contributed by atoms with Crippen molar-refractivity contribution < 1.29 is 13.2 Å². The summed E-state index contributed by atoms with van der Waals surface area (Å²) in [5, 5.41) is -1.00. The van der Waals surface area contributed by atoms with Gasteiger partial charge in [0.1, 0.15) is 5.25 Å². The predicted molar refractivity (Wildman–Crippen MR) is 88.6 cm³/mol. The second-order valence-electron chi connectivity index (χ2n) is 6.01. The van der Waals surface area contributed by atoms with Crippen molar-refractivity contribution in [1.82, 2.24) is 4.90 Å². The van der Waals surface area contributed by atoms with Crippen LogP contribution in [0, 0.1) is 0 Å². The van der Waals surface area contributed by atoms with Gasteiger partial charge in [0.25, 0.3) is 0 Å². The molecule has 1 heterocycles. The molecule has 0 saturated carbocycles. The zero-order chi connectivity index (χ0) is 16.5. The van der Waals surface area contributed by atoms with Gasteiger partial charge >= 0.3 is 0 Å². The molecule has 0 N–H and O–H groups in total. The fourth-order valence-electron chi connectivity index (χ4n) is 2.87. The monoisotopic (exact) mass is 324 g/mol. The first-order valence-electron chi connectivity index (χ1n) is 7.54. The van der Waals surface area contributed by atoms with Crippen LogP contribution in [0.15, 0.2) is 24.3 Å². The molecular weight excluding hydrogens is 300 g/mol. The Hall–Kier alpha value is -1.56. The second kappa shape index (κ2) is 6.28. The molecule has 1 aromatic carbocycles. The summed E-state index contributed by atoms with van der Waals surface area (Å²) < 4.78 is 23.5. The molecule has 1 amide bonds. The number of sulfone groups is 1. The third kappa shape index (κ3) is 3.27. The molecule has 1 aliphatic rings. The average Bonchev–Trinajstić information content (AvgIpc) is 2.62. The van der Waals surface area contributed by atoms with Crippen molar-refractivity contribution >= 4 is 21.4 Å². The van der Waals surface area contributed by atoms with Gasteiger partial charge in [-0.1, -0.05) is 25.1 Å². The molecule has 1 aromatic rings. The number of carbonyl (C=O) groups excluding carboxylic acids is 1. The van der Waals surface area contributed by atoms with Crippen molar-refractivity contribution in [3.8, 4) is 0 Å². The fourth-order valence-corrected chi connectivity index (χ4v) is 3.37. The van der Waals surface area contributed by atoms with Gasteiger partial charge in [-0.05, 0) is 25.0 Å². The third-order valence-corrected chi connectivity index (χ3v) is 5.90. The Labute approximate surface area is 132 Å². The minimum absolute atomic E-state index is 0.00843. The van der Waals surface area contributed by atoms with Crippen molar-refractivity contribution in [3.05, 3.63) is 29.8 Å². The number of benzene rings is 1. The Balaban J connectivity index is 2.39. The van der Waals surface area contributed by atoms with E-state index in [-0.39, 0.29) is 11.9 Å². The van der Waals surface area contributed by atoms with Gasteiger partial charge in [0.15, 0.2) is 9.84 Å². The van der Waals surface area contributed by atoms with Crippen molar-refractivity contribution in [2.45, 2.75) is 38.1 Å². The van der Waals surface area contributed by atoms with E-state index < -0.39 is 15.1 Å². The van der Waals surface area contributed by atoms with Crippen LogP contribution in [0.2, 0.25) is 0 Å². The van der Waals surface area contributed by atoms with E-state index >= 15 is 0 Å². The molecule has 22 heavy (non-hydrogen) atoms. The lowest BCUT2D eigenvalue weighted by atomic mass is 10.1. The Bertz CT molecular complexity index is 657. The number of hydrogen-bond acceptors (Lipinski definition) is 4. The quantitative estimate of drug-likeness (QED) is 0.849. The molecule has 0 aliphatic carbocycles. The molecule has 1 aliphatic heterocycles. The summed E-state index contributed by atoms with van der Waals surface area (Å²) in [6.45, 7) is 4.66. The van der Waals surface area contributed by atoms with Crippen molar-refractivity contribution in [2.24, 2.45) is 0 Å². The molecule has 0 fully saturated rings. The number of amides is 1. The Morgan fingerprint density at radius 3 is 2.59 bits per heavy atom. The van der Waals surface area contributed by atoms with Crippen molar-refractivity contribution in [1.29, 1.82) is 0 Å². The molecule has 0 saturated heterocycles. The lowest BCUT2D eigenvalue weighted by molar-refractivity contribution is -0.133. The van der Waals surface area contributed by atoms with E-state index in [9.17, 15) is 13.2 Å². The number of para-hydroxylation sites is 1. The molecular formula is C16H24N2O3S. The summed E-state index contributed by atoms with van der Waals surface area (Å²) >= 11 is 0. The van der Waals surface area contributed by atoms with Gasteiger partial charge in [-0.15, -0.1) is 0 Å². The maximum Gasteiger partial charge on any atom is 0.241 e. The van der Waals surface area contributed by atoms with Crippen LogP contribution in [0.3, 0.4) is 0 Å². The first-order valence-corrected chi connectivity index (χ1v) is 9.49. The average molecular weight is 324 g/mol. The first-order chi connectivity index (χ1) is 10.3. The first kappa shape index (κ1) is 16.8. The molecule has 0 unspecified atom stereocenters. The Kier molecular flexibility index (Phi) is 4.80. The van der Waals surface area contributed by atoms with Crippen LogP contribution in [-0.4, -0.2) is 50.4 Å². The van der Waals surface area contributed by atoms with Crippen LogP contribution in [0.5, 0.6) is 0 Å². The van der Waals surface area contributed by atoms with Gasteiger partial charge < -0.3 is 9.80 Å². The van der Waals surface area contributed by atoms with Gasteiger partial charge in [0.2, 0.25) is 5.91 Å². The minimum Gasteiger partial charge on any atom is -0.372 e. The molecule has 2 atom stereocenters. The fraction of sp³-hybridized carbons (Fsp3) is 0.562. The smallest absolute Gasteiger partial charge is 0.241 e. The topological polar surface area (TPSA) is 57.7 Å². The highest BCUT2D eigenvalue weighted by atomic mass is 32.2. The lowest BCUT2D eigenvalue weighted by Gasteiger charge is -2.32. The highest BCUT2D eigenvalue weighted by Crippen LogP contribution is 2.27. The van der Waals surface area contributed by atoms with Gasteiger partial charge in [0.05, 0.1) is 0 Å². The minimum atomic E-state index is -3.39. The zero-order valence-electron chi connectivity index (χ0n) is 13.6. The lowest BCUT2D eigenvalue weighted by Crippen LogP contribution is -2.48. The van der Waals surface area contributed by atoms with Crippen LogP contribution in [0.4, 0.5) is 5.69 Å². The van der Waals surface area contributed by atoms with Gasteiger partial charge in [-0.2, -0.15) is 0 Å². The number of carbonyl (C=O) groups is 1. The van der Waals surface area contributed by atoms with Crippen molar-refractivity contribution in [2.75, 3.05) is 24.7 Å². The van der Waals surface area contributed by atoms with Crippen LogP contribution in [0.1, 0.15) is 25.8 Å². The van der Waals surface area contributed by atoms with E-state index in [1.165, 1.54) is 6.92 Å². The maximum absolute atomic E-state index is 12.7. The zero-order valence-corrected chi connectivity index (χ0v) is 14.4. The molecule has 2 rings (SSSR count). The summed E-state index contributed by atoms with van der Waals surface area (Å²) in [5.41, 5.74) is 2.15. The van der Waals surface area contributed by atoms with E-state index in [4.69, 9.17) is 0 Å². The third-order valence-electron chi connectivity index (χ3n) is 4.41. The Morgan fingerprint density at radius 1 is 1.36 bits per heavy atom. The van der Waals surface area contributed by atoms with Crippen LogP contribution >= 0.6 is 0 Å².